The molecular weight excluding hydrogens is 188 g/mol. The number of hydrogen-bond donors (Lipinski definition) is 1. The Morgan fingerprint density at radius 3 is 2.64 bits per heavy atom. The Labute approximate surface area is 79.5 Å². The normalized spacial score (nSPS) is 26.9. The second-order valence-electron chi connectivity index (χ2n) is 3.13. The van der Waals surface area contributed by atoms with Crippen molar-refractivity contribution in [3.05, 3.63) is 11.6 Å². The first-order valence-corrected chi connectivity index (χ1v) is 4.08. The quantitative estimate of drug-likeness (QED) is 0.530. The molecule has 1 N–H and O–H groups in total. The molecule has 0 saturated carbocycles. The fourth-order valence-corrected chi connectivity index (χ4v) is 1.43. The molecule has 74 valence electrons. The summed E-state index contributed by atoms with van der Waals surface area (Å²) in [5.74, 6) is -1.35. The van der Waals surface area contributed by atoms with E-state index in [2.05, 4.69) is 10.3 Å². The molecule has 2 heterocycles. The Morgan fingerprint density at radius 1 is 1.50 bits per heavy atom. The van der Waals surface area contributed by atoms with E-state index in [0.717, 1.165) is 4.90 Å². The minimum absolute atomic E-state index is 0.0113. The molecule has 2 rings (SSSR count). The van der Waals surface area contributed by atoms with Gasteiger partial charge in [0.15, 0.2) is 0 Å². The van der Waals surface area contributed by atoms with Gasteiger partial charge in [-0.1, -0.05) is 0 Å². The van der Waals surface area contributed by atoms with Gasteiger partial charge >= 0.3 is 0 Å². The highest BCUT2D eigenvalue weighted by Gasteiger charge is 2.41. The van der Waals surface area contributed by atoms with Crippen molar-refractivity contribution >= 4 is 17.7 Å². The maximum atomic E-state index is 11.4. The van der Waals surface area contributed by atoms with Gasteiger partial charge < -0.3 is 0 Å². The Morgan fingerprint density at radius 2 is 2.21 bits per heavy atom. The number of imide groups is 1. The van der Waals surface area contributed by atoms with E-state index in [4.69, 9.17) is 0 Å². The van der Waals surface area contributed by atoms with E-state index in [1.165, 1.54) is 13.0 Å². The van der Waals surface area contributed by atoms with E-state index in [1.807, 2.05) is 0 Å². The maximum absolute atomic E-state index is 11.4. The lowest BCUT2D eigenvalue weighted by atomic mass is 10.2. The van der Waals surface area contributed by atoms with Crippen molar-refractivity contribution in [3.8, 4) is 0 Å². The van der Waals surface area contributed by atoms with Crippen molar-refractivity contribution in [2.45, 2.75) is 13.0 Å². The third-order valence-corrected chi connectivity index (χ3v) is 2.16. The van der Waals surface area contributed by atoms with Gasteiger partial charge in [0.05, 0.1) is 0 Å². The molecule has 1 atom stereocenters. The number of carbonyl (C=O) groups excluding carboxylic acids is 3. The highest BCUT2D eigenvalue weighted by molar-refractivity contribution is 6.17. The van der Waals surface area contributed by atoms with Crippen LogP contribution in [0.15, 0.2) is 11.6 Å². The van der Waals surface area contributed by atoms with E-state index >= 15 is 0 Å². The van der Waals surface area contributed by atoms with Crippen molar-refractivity contribution in [1.29, 1.82) is 0 Å². The average molecular weight is 196 g/mol. The summed E-state index contributed by atoms with van der Waals surface area (Å²) in [7, 11) is 0. The average Bonchev–Trinajstić information content (AvgIpc) is 2.60. The number of carbonyl (C=O) groups is 3. The lowest BCUT2D eigenvalue weighted by Crippen LogP contribution is -2.46. The van der Waals surface area contributed by atoms with Crippen LogP contribution in [0.3, 0.4) is 0 Å². The lowest BCUT2D eigenvalue weighted by Gasteiger charge is -2.17. The van der Waals surface area contributed by atoms with Crippen LogP contribution in [0.4, 0.5) is 0 Å². The van der Waals surface area contributed by atoms with E-state index in [-0.39, 0.29) is 6.61 Å². The van der Waals surface area contributed by atoms with Crippen molar-refractivity contribution in [3.63, 3.8) is 0 Å². The molecule has 14 heavy (non-hydrogen) atoms. The van der Waals surface area contributed by atoms with Crippen LogP contribution in [0.5, 0.6) is 0 Å². The van der Waals surface area contributed by atoms with Gasteiger partial charge in [-0.2, -0.15) is 0 Å². The molecule has 0 aromatic carbocycles. The van der Waals surface area contributed by atoms with Crippen LogP contribution >= 0.6 is 0 Å². The molecule has 1 saturated heterocycles. The first-order chi connectivity index (χ1) is 6.61. The predicted octanol–water partition coefficient (Wildman–Crippen LogP) is -1.27. The number of rotatable bonds is 1. The number of nitrogens with one attached hydrogen (secondary N) is 1. The molecule has 3 amide bonds. The van der Waals surface area contributed by atoms with Crippen molar-refractivity contribution in [2.24, 2.45) is 0 Å². The standard InChI is InChI=1S/C8H8N2O4/c1-4-2-6(11)10(8(4)13)5-3-14-9-7(5)12/h2,5H,3H2,1H3,(H,9,12). The largest absolute Gasteiger partial charge is 0.271 e. The van der Waals surface area contributed by atoms with Gasteiger partial charge in [-0.3, -0.25) is 24.1 Å². The third kappa shape index (κ3) is 1.12. The fraction of sp³-hybridized carbons (Fsp3) is 0.375. The number of hydroxylamine groups is 1. The summed E-state index contributed by atoms with van der Waals surface area (Å²) < 4.78 is 0. The zero-order valence-corrected chi connectivity index (χ0v) is 7.44. The molecule has 6 heteroatoms. The smallest absolute Gasteiger partial charge is 0.269 e. The molecule has 2 aliphatic rings. The molecule has 6 nitrogen and oxygen atoms in total. The molecule has 2 aliphatic heterocycles. The minimum Gasteiger partial charge on any atom is -0.271 e. The number of hydrogen-bond acceptors (Lipinski definition) is 4. The second-order valence-corrected chi connectivity index (χ2v) is 3.13. The van der Waals surface area contributed by atoms with Gasteiger partial charge in [-0.15, -0.1) is 0 Å². The summed E-state index contributed by atoms with van der Waals surface area (Å²) in [4.78, 5) is 39.5. The molecule has 0 aliphatic carbocycles. The summed E-state index contributed by atoms with van der Waals surface area (Å²) in [6.07, 6.45) is 1.22. The van der Waals surface area contributed by atoms with Crippen LogP contribution in [-0.2, 0) is 19.2 Å². The van der Waals surface area contributed by atoms with Crippen LogP contribution in [0.1, 0.15) is 6.92 Å². The highest BCUT2D eigenvalue weighted by atomic mass is 16.7. The molecule has 0 aromatic rings. The van der Waals surface area contributed by atoms with Crippen LogP contribution in [0.2, 0.25) is 0 Å². The van der Waals surface area contributed by atoms with E-state index in [0.29, 0.717) is 5.57 Å². The Kier molecular flexibility index (Phi) is 1.85. The topological polar surface area (TPSA) is 75.7 Å². The van der Waals surface area contributed by atoms with E-state index in [9.17, 15) is 14.4 Å². The summed E-state index contributed by atoms with van der Waals surface area (Å²) in [5, 5.41) is 0. The summed E-state index contributed by atoms with van der Waals surface area (Å²) in [5.41, 5.74) is 2.44. The monoisotopic (exact) mass is 196 g/mol. The zero-order chi connectivity index (χ0) is 10.3. The van der Waals surface area contributed by atoms with E-state index < -0.39 is 23.8 Å². The fourth-order valence-electron chi connectivity index (χ4n) is 1.43. The molecular formula is C8H8N2O4. The highest BCUT2D eigenvalue weighted by Crippen LogP contribution is 2.17. The maximum Gasteiger partial charge on any atom is 0.269 e. The number of amides is 3. The summed E-state index contributed by atoms with van der Waals surface area (Å²) >= 11 is 0. The predicted molar refractivity (Wildman–Crippen MR) is 43.5 cm³/mol. The molecule has 1 fully saturated rings. The van der Waals surface area contributed by atoms with Crippen LogP contribution in [-0.4, -0.2) is 35.3 Å². The van der Waals surface area contributed by atoms with E-state index in [1.54, 1.807) is 0 Å². The lowest BCUT2D eigenvalue weighted by molar-refractivity contribution is -0.143. The molecule has 0 bridgehead atoms. The Bertz CT molecular complexity index is 360. The van der Waals surface area contributed by atoms with Gasteiger partial charge in [0, 0.05) is 11.6 Å². The number of nitrogens with zero attached hydrogens (tertiary/aromatic N) is 1. The van der Waals surface area contributed by atoms with Crippen LogP contribution in [0, 0.1) is 0 Å². The van der Waals surface area contributed by atoms with Gasteiger partial charge in [0.25, 0.3) is 17.7 Å². The Hall–Kier alpha value is -1.69. The molecule has 0 aromatic heterocycles. The van der Waals surface area contributed by atoms with Gasteiger partial charge in [0.1, 0.15) is 12.6 Å². The van der Waals surface area contributed by atoms with Crippen LogP contribution in [0.25, 0.3) is 0 Å². The third-order valence-electron chi connectivity index (χ3n) is 2.16. The molecule has 0 spiro atoms. The van der Waals surface area contributed by atoms with Crippen molar-refractivity contribution in [1.82, 2.24) is 10.4 Å². The molecule has 0 radical (unpaired) electrons. The first kappa shape index (κ1) is 8.89. The first-order valence-electron chi connectivity index (χ1n) is 4.08. The molecule has 1 unspecified atom stereocenters. The van der Waals surface area contributed by atoms with Gasteiger partial charge in [-0.25, -0.2) is 5.48 Å². The second kappa shape index (κ2) is 2.91. The zero-order valence-electron chi connectivity index (χ0n) is 7.44. The van der Waals surface area contributed by atoms with Crippen molar-refractivity contribution in [2.75, 3.05) is 6.61 Å². The van der Waals surface area contributed by atoms with Gasteiger partial charge in [0.2, 0.25) is 0 Å². The van der Waals surface area contributed by atoms with Gasteiger partial charge in [-0.05, 0) is 6.92 Å². The van der Waals surface area contributed by atoms with Crippen molar-refractivity contribution < 1.29 is 19.2 Å². The summed E-state index contributed by atoms with van der Waals surface area (Å²) in [6.45, 7) is 1.55. The SMILES string of the molecule is CC1=CC(=O)N(C2CONC2=O)C1=O. The minimum atomic E-state index is -0.830. The van der Waals surface area contributed by atoms with Crippen LogP contribution < -0.4 is 5.48 Å². The Balaban J connectivity index is 2.24. The summed E-state index contributed by atoms with van der Waals surface area (Å²) in [6, 6.07) is -0.830.